The number of hydrogen-bond acceptors (Lipinski definition) is 2. The highest BCUT2D eigenvalue weighted by Gasteiger charge is 2.08. The molecule has 4 aromatic rings. The predicted octanol–water partition coefficient (Wildman–Crippen LogP) is 6.40. The minimum atomic E-state index is 1.33. The van der Waals surface area contributed by atoms with Crippen molar-refractivity contribution in [1.29, 1.82) is 0 Å². The molecule has 4 rings (SSSR count). The molecular formula is C18H14S2. The number of fused-ring (bicyclic) bond motifs is 2. The van der Waals surface area contributed by atoms with E-state index in [1.54, 1.807) is 0 Å². The van der Waals surface area contributed by atoms with Crippen molar-refractivity contribution >= 4 is 42.8 Å². The lowest BCUT2D eigenvalue weighted by Crippen LogP contribution is -1.67. The average molecular weight is 294 g/mol. The molecule has 20 heavy (non-hydrogen) atoms. The van der Waals surface area contributed by atoms with Gasteiger partial charge in [0.15, 0.2) is 0 Å². The number of benzene rings is 2. The van der Waals surface area contributed by atoms with Crippen molar-refractivity contribution in [2.75, 3.05) is 0 Å². The van der Waals surface area contributed by atoms with Crippen LogP contribution in [0.25, 0.3) is 29.9 Å². The molecule has 0 amide bonds. The van der Waals surface area contributed by atoms with Gasteiger partial charge < -0.3 is 0 Å². The molecule has 0 unspecified atom stereocenters. The summed E-state index contributed by atoms with van der Waals surface area (Å²) in [6.07, 6.45) is 0. The van der Waals surface area contributed by atoms with Gasteiger partial charge in [0.25, 0.3) is 0 Å². The standard InChI is InChI=1S/C18H14S2/c1-11-3-5-13-9-17(19-15(13)7-11)18-10-14-6-4-12(2)8-16(14)20-18/h3-10H,1-2H3. The van der Waals surface area contributed by atoms with Crippen molar-refractivity contribution in [2.45, 2.75) is 13.8 Å². The molecule has 2 heterocycles. The van der Waals surface area contributed by atoms with Crippen LogP contribution in [-0.2, 0) is 0 Å². The lowest BCUT2D eigenvalue weighted by Gasteiger charge is -1.90. The smallest absolute Gasteiger partial charge is 0.0455 e. The quantitative estimate of drug-likeness (QED) is 0.381. The molecule has 0 saturated heterocycles. The maximum atomic E-state index is 2.32. The van der Waals surface area contributed by atoms with E-state index in [-0.39, 0.29) is 0 Å². The summed E-state index contributed by atoms with van der Waals surface area (Å²) in [6, 6.07) is 18.0. The topological polar surface area (TPSA) is 0 Å². The van der Waals surface area contributed by atoms with E-state index < -0.39 is 0 Å². The molecule has 0 aliphatic heterocycles. The second kappa shape index (κ2) is 4.44. The lowest BCUT2D eigenvalue weighted by molar-refractivity contribution is 1.52. The Morgan fingerprint density at radius 3 is 1.50 bits per heavy atom. The van der Waals surface area contributed by atoms with E-state index in [0.717, 1.165) is 0 Å². The van der Waals surface area contributed by atoms with Gasteiger partial charge in [0.05, 0.1) is 0 Å². The maximum Gasteiger partial charge on any atom is 0.0455 e. The molecule has 0 aliphatic carbocycles. The van der Waals surface area contributed by atoms with Crippen molar-refractivity contribution in [2.24, 2.45) is 0 Å². The normalized spacial score (nSPS) is 11.5. The van der Waals surface area contributed by atoms with Crippen LogP contribution < -0.4 is 0 Å². The van der Waals surface area contributed by atoms with Crippen molar-refractivity contribution in [3.8, 4) is 9.75 Å². The van der Waals surface area contributed by atoms with E-state index in [9.17, 15) is 0 Å². The summed E-state index contributed by atoms with van der Waals surface area (Å²) >= 11 is 3.79. The van der Waals surface area contributed by atoms with Gasteiger partial charge >= 0.3 is 0 Å². The summed E-state index contributed by atoms with van der Waals surface area (Å²) in [4.78, 5) is 2.76. The Hall–Kier alpha value is -1.64. The molecule has 2 heteroatoms. The van der Waals surface area contributed by atoms with Crippen LogP contribution in [0.1, 0.15) is 11.1 Å². The fourth-order valence-corrected chi connectivity index (χ4v) is 4.91. The molecule has 0 bridgehead atoms. The summed E-state index contributed by atoms with van der Waals surface area (Å²) in [5.74, 6) is 0. The van der Waals surface area contributed by atoms with Crippen molar-refractivity contribution in [1.82, 2.24) is 0 Å². The fourth-order valence-electron chi connectivity index (χ4n) is 2.52. The minimum absolute atomic E-state index is 1.33. The largest absolute Gasteiger partial charge is 0.134 e. The zero-order valence-electron chi connectivity index (χ0n) is 11.4. The van der Waals surface area contributed by atoms with E-state index in [1.807, 2.05) is 22.7 Å². The molecule has 0 atom stereocenters. The maximum absolute atomic E-state index is 2.32. The highest BCUT2D eigenvalue weighted by molar-refractivity contribution is 7.28. The van der Waals surface area contributed by atoms with Gasteiger partial charge in [-0.1, -0.05) is 24.3 Å². The van der Waals surface area contributed by atoms with Crippen LogP contribution in [0, 0.1) is 13.8 Å². The number of rotatable bonds is 1. The highest BCUT2D eigenvalue weighted by atomic mass is 32.1. The van der Waals surface area contributed by atoms with Gasteiger partial charge in [-0.05, 0) is 60.0 Å². The van der Waals surface area contributed by atoms with Crippen LogP contribution in [0.5, 0.6) is 0 Å². The van der Waals surface area contributed by atoms with Crippen LogP contribution in [0.15, 0.2) is 48.5 Å². The molecular weight excluding hydrogens is 280 g/mol. The van der Waals surface area contributed by atoms with Crippen LogP contribution in [0.4, 0.5) is 0 Å². The summed E-state index contributed by atoms with van der Waals surface area (Å²) in [7, 11) is 0. The summed E-state index contributed by atoms with van der Waals surface area (Å²) in [6.45, 7) is 4.31. The second-order valence-corrected chi connectivity index (χ2v) is 7.47. The first-order chi connectivity index (χ1) is 9.69. The first kappa shape index (κ1) is 12.1. The first-order valence-electron chi connectivity index (χ1n) is 6.70. The van der Waals surface area contributed by atoms with Gasteiger partial charge in [0, 0.05) is 19.2 Å². The van der Waals surface area contributed by atoms with E-state index >= 15 is 0 Å². The van der Waals surface area contributed by atoms with Crippen LogP contribution in [0.2, 0.25) is 0 Å². The molecule has 98 valence electrons. The van der Waals surface area contributed by atoms with Crippen LogP contribution >= 0.6 is 22.7 Å². The fraction of sp³-hybridized carbons (Fsp3) is 0.111. The summed E-state index contributed by atoms with van der Waals surface area (Å²) < 4.78 is 2.77. The Bertz CT molecular complexity index is 847. The lowest BCUT2D eigenvalue weighted by atomic mass is 10.2. The zero-order chi connectivity index (χ0) is 13.7. The summed E-state index contributed by atoms with van der Waals surface area (Å²) in [5.41, 5.74) is 2.66. The Morgan fingerprint density at radius 2 is 1.05 bits per heavy atom. The molecule has 0 nitrogen and oxygen atoms in total. The minimum Gasteiger partial charge on any atom is -0.134 e. The molecule has 0 saturated carbocycles. The monoisotopic (exact) mass is 294 g/mol. The predicted molar refractivity (Wildman–Crippen MR) is 92.1 cm³/mol. The van der Waals surface area contributed by atoms with Crippen LogP contribution in [-0.4, -0.2) is 0 Å². The van der Waals surface area contributed by atoms with E-state index in [4.69, 9.17) is 0 Å². The van der Waals surface area contributed by atoms with Gasteiger partial charge in [-0.25, -0.2) is 0 Å². The SMILES string of the molecule is Cc1ccc2cc(-c3cc4ccc(C)cc4s3)sc2c1. The van der Waals surface area contributed by atoms with Gasteiger partial charge in [-0.2, -0.15) is 0 Å². The Kier molecular flexibility index (Phi) is 2.69. The van der Waals surface area contributed by atoms with Crippen molar-refractivity contribution in [3.63, 3.8) is 0 Å². The Balaban J connectivity index is 1.91. The molecule has 0 N–H and O–H groups in total. The number of hydrogen-bond donors (Lipinski definition) is 0. The molecule has 0 fully saturated rings. The van der Waals surface area contributed by atoms with E-state index in [0.29, 0.717) is 0 Å². The Morgan fingerprint density at radius 1 is 0.600 bits per heavy atom. The van der Waals surface area contributed by atoms with E-state index in [1.165, 1.54) is 41.1 Å². The first-order valence-corrected chi connectivity index (χ1v) is 8.33. The van der Waals surface area contributed by atoms with E-state index in [2.05, 4.69) is 62.4 Å². The molecule has 2 aromatic carbocycles. The third-order valence-corrected chi connectivity index (χ3v) is 5.99. The number of aryl methyl sites for hydroxylation is 2. The summed E-state index contributed by atoms with van der Waals surface area (Å²) in [5, 5.41) is 2.70. The van der Waals surface area contributed by atoms with Gasteiger partial charge in [-0.3, -0.25) is 0 Å². The van der Waals surface area contributed by atoms with Crippen molar-refractivity contribution in [3.05, 3.63) is 59.7 Å². The zero-order valence-corrected chi connectivity index (χ0v) is 13.1. The highest BCUT2D eigenvalue weighted by Crippen LogP contribution is 2.40. The molecule has 0 aliphatic rings. The van der Waals surface area contributed by atoms with Gasteiger partial charge in [0.1, 0.15) is 0 Å². The average Bonchev–Trinajstić information content (AvgIpc) is 3.00. The molecule has 0 radical (unpaired) electrons. The molecule has 2 aromatic heterocycles. The van der Waals surface area contributed by atoms with Crippen molar-refractivity contribution < 1.29 is 0 Å². The molecule has 0 spiro atoms. The second-order valence-electron chi connectivity index (χ2n) is 5.30. The Labute approximate surface area is 126 Å². The van der Waals surface area contributed by atoms with Crippen LogP contribution in [0.3, 0.4) is 0 Å². The third-order valence-electron chi connectivity index (χ3n) is 3.59. The number of thiophene rings is 2. The third kappa shape index (κ3) is 1.96. The van der Waals surface area contributed by atoms with Gasteiger partial charge in [0.2, 0.25) is 0 Å². The van der Waals surface area contributed by atoms with Gasteiger partial charge in [-0.15, -0.1) is 22.7 Å².